The zero-order valence-electron chi connectivity index (χ0n) is 19.5. The Hall–Kier alpha value is -2.72. The van der Waals surface area contributed by atoms with Gasteiger partial charge in [0.2, 0.25) is 0 Å². The van der Waals surface area contributed by atoms with Crippen LogP contribution in [0.15, 0.2) is 70.9 Å². The van der Waals surface area contributed by atoms with Gasteiger partial charge in [-0.2, -0.15) is 0 Å². The van der Waals surface area contributed by atoms with Gasteiger partial charge in [-0.1, -0.05) is 60.5 Å². The molecule has 0 amide bonds. The molecule has 0 saturated heterocycles. The van der Waals surface area contributed by atoms with Gasteiger partial charge in [-0.05, 0) is 68.2 Å². The molecule has 1 aliphatic heterocycles. The maximum absolute atomic E-state index is 13.6. The first-order chi connectivity index (χ1) is 16.5. The lowest BCUT2D eigenvalue weighted by Crippen LogP contribution is -2.39. The van der Waals surface area contributed by atoms with Crippen molar-refractivity contribution in [1.29, 1.82) is 0 Å². The molecule has 5 heteroatoms. The summed E-state index contributed by atoms with van der Waals surface area (Å²) < 4.78 is 6.00. The lowest BCUT2D eigenvalue weighted by atomic mass is 9.69. The molecule has 5 rings (SSSR count). The molecule has 0 radical (unpaired) electrons. The normalized spacial score (nSPS) is 25.5. The van der Waals surface area contributed by atoms with Crippen LogP contribution in [0.25, 0.3) is 0 Å². The Morgan fingerprint density at radius 1 is 0.941 bits per heavy atom. The number of rotatable bonds is 4. The van der Waals surface area contributed by atoms with E-state index in [-0.39, 0.29) is 23.8 Å². The van der Waals surface area contributed by atoms with Crippen molar-refractivity contribution >= 4 is 29.1 Å². The number of aliphatic imine (C=N–C) groups is 1. The Kier molecular flexibility index (Phi) is 6.69. The number of carbonyl (C=O) groups excluding carboxylic acids is 2. The molecule has 34 heavy (non-hydrogen) atoms. The number of hydrogen-bond acceptors (Lipinski definition) is 4. The molecule has 3 aliphatic rings. The van der Waals surface area contributed by atoms with Crippen molar-refractivity contribution < 1.29 is 14.3 Å². The number of allylic oxidation sites excluding steroid dienone is 2. The van der Waals surface area contributed by atoms with Crippen LogP contribution in [0.5, 0.6) is 0 Å². The number of benzene rings is 2. The average molecular weight is 476 g/mol. The number of halogens is 1. The van der Waals surface area contributed by atoms with Crippen molar-refractivity contribution in [3.63, 3.8) is 0 Å². The fraction of sp³-hybridized carbons (Fsp3) is 0.414. The molecule has 176 valence electrons. The van der Waals surface area contributed by atoms with Gasteiger partial charge in [0.1, 0.15) is 12.0 Å². The van der Waals surface area contributed by atoms with E-state index in [4.69, 9.17) is 21.3 Å². The zero-order chi connectivity index (χ0) is 23.7. The van der Waals surface area contributed by atoms with Crippen molar-refractivity contribution in [2.24, 2.45) is 10.9 Å². The maximum atomic E-state index is 13.6. The van der Waals surface area contributed by atoms with Crippen LogP contribution in [0.1, 0.15) is 74.8 Å². The molecule has 0 aromatic heterocycles. The Balaban J connectivity index is 1.52. The topological polar surface area (TPSA) is 55.7 Å². The monoisotopic (exact) mass is 475 g/mol. The number of nitrogens with zero attached hydrogens (tertiary/aromatic N) is 1. The van der Waals surface area contributed by atoms with E-state index in [1.54, 1.807) is 0 Å². The minimum absolute atomic E-state index is 0.0418. The molecule has 1 fully saturated rings. The summed E-state index contributed by atoms with van der Waals surface area (Å²) in [5.41, 5.74) is 4.26. The van der Waals surface area contributed by atoms with E-state index < -0.39 is 11.8 Å². The summed E-state index contributed by atoms with van der Waals surface area (Å²) in [5.74, 6) is -1.09. The van der Waals surface area contributed by atoms with E-state index in [1.165, 1.54) is 6.42 Å². The number of Topliss-reactive ketones (excluding diaryl/α,β-unsaturated/α-hetero) is 1. The highest BCUT2D eigenvalue weighted by Gasteiger charge is 2.45. The van der Waals surface area contributed by atoms with Crippen LogP contribution in [-0.4, -0.2) is 23.6 Å². The predicted molar refractivity (Wildman–Crippen MR) is 134 cm³/mol. The van der Waals surface area contributed by atoms with Gasteiger partial charge in [0.25, 0.3) is 0 Å². The van der Waals surface area contributed by atoms with Crippen LogP contribution in [0.4, 0.5) is 0 Å². The summed E-state index contributed by atoms with van der Waals surface area (Å²) in [6.07, 6.45) is 6.26. The molecule has 4 nitrogen and oxygen atoms in total. The van der Waals surface area contributed by atoms with E-state index >= 15 is 0 Å². The molecule has 1 unspecified atom stereocenters. The summed E-state index contributed by atoms with van der Waals surface area (Å²) >= 11 is 6.17. The lowest BCUT2D eigenvalue weighted by Gasteiger charge is -2.37. The first-order valence-corrected chi connectivity index (χ1v) is 12.7. The van der Waals surface area contributed by atoms with Gasteiger partial charge in [0.05, 0.1) is 0 Å². The maximum Gasteiger partial charge on any atom is 0.315 e. The molecule has 2 aromatic carbocycles. The summed E-state index contributed by atoms with van der Waals surface area (Å²) in [4.78, 5) is 32.0. The second kappa shape index (κ2) is 9.87. The number of ketones is 1. The van der Waals surface area contributed by atoms with Gasteiger partial charge in [0, 0.05) is 34.3 Å². The van der Waals surface area contributed by atoms with Crippen LogP contribution < -0.4 is 0 Å². The first kappa shape index (κ1) is 23.0. The third-order valence-electron chi connectivity index (χ3n) is 7.48. The number of carbonyl (C=O) groups is 2. The second-order valence-corrected chi connectivity index (χ2v) is 10.2. The van der Waals surface area contributed by atoms with E-state index in [9.17, 15) is 9.59 Å². The second-order valence-electron chi connectivity index (χ2n) is 9.76. The summed E-state index contributed by atoms with van der Waals surface area (Å²) in [6.45, 7) is 1.90. The van der Waals surface area contributed by atoms with E-state index in [1.807, 2.05) is 49.4 Å². The molecule has 1 saturated carbocycles. The summed E-state index contributed by atoms with van der Waals surface area (Å²) in [7, 11) is 0. The molecule has 0 N–H and O–H groups in total. The minimum atomic E-state index is -0.598. The summed E-state index contributed by atoms with van der Waals surface area (Å²) in [6, 6.07) is 17.6. The molecular weight excluding hydrogens is 446 g/mol. The molecule has 1 heterocycles. The zero-order valence-corrected chi connectivity index (χ0v) is 20.3. The molecule has 2 aromatic rings. The first-order valence-electron chi connectivity index (χ1n) is 12.3. The van der Waals surface area contributed by atoms with Gasteiger partial charge >= 0.3 is 5.97 Å². The Labute approximate surface area is 206 Å². The van der Waals surface area contributed by atoms with Crippen molar-refractivity contribution in [2.45, 2.75) is 69.8 Å². The van der Waals surface area contributed by atoms with Gasteiger partial charge < -0.3 is 4.74 Å². The molecular formula is C29H30ClNO3. The Morgan fingerprint density at radius 2 is 1.65 bits per heavy atom. The van der Waals surface area contributed by atoms with Gasteiger partial charge in [-0.15, -0.1) is 0 Å². The molecule has 2 aliphatic carbocycles. The predicted octanol–water partition coefficient (Wildman–Crippen LogP) is 6.79. The number of esters is 1. The minimum Gasteiger partial charge on any atom is -0.462 e. The third kappa shape index (κ3) is 4.61. The van der Waals surface area contributed by atoms with Crippen molar-refractivity contribution in [1.82, 2.24) is 0 Å². The fourth-order valence-corrected chi connectivity index (χ4v) is 5.90. The lowest BCUT2D eigenvalue weighted by molar-refractivity contribution is -0.153. The Morgan fingerprint density at radius 3 is 2.35 bits per heavy atom. The van der Waals surface area contributed by atoms with Gasteiger partial charge in [0.15, 0.2) is 5.78 Å². The molecule has 0 spiro atoms. The highest BCUT2D eigenvalue weighted by atomic mass is 35.5. The third-order valence-corrected chi connectivity index (χ3v) is 7.73. The Bertz CT molecular complexity index is 1130. The van der Waals surface area contributed by atoms with Crippen LogP contribution in [0.2, 0.25) is 5.02 Å². The summed E-state index contributed by atoms with van der Waals surface area (Å²) in [5, 5.41) is 0.625. The van der Waals surface area contributed by atoms with Crippen LogP contribution in [-0.2, 0) is 14.3 Å². The highest BCUT2D eigenvalue weighted by molar-refractivity contribution is 6.30. The van der Waals surface area contributed by atoms with Crippen LogP contribution >= 0.6 is 11.6 Å². The fourth-order valence-electron chi connectivity index (χ4n) is 5.78. The van der Waals surface area contributed by atoms with Crippen molar-refractivity contribution in [3.05, 3.63) is 82.0 Å². The van der Waals surface area contributed by atoms with Crippen LogP contribution in [0, 0.1) is 5.92 Å². The van der Waals surface area contributed by atoms with Gasteiger partial charge in [-0.3, -0.25) is 14.6 Å². The average Bonchev–Trinajstić information content (AvgIpc) is 2.84. The standard InChI is InChI=1S/C29H30ClNO3/c1-18-26(29(33)34-23-10-6-3-7-11-23)27(20-12-14-22(30)15-13-20)28-24(31-18)16-21(17-25(28)32)19-8-4-2-5-9-19/h2,4-5,8-9,12-15,21,23,26-27H,3,6-7,10-11,16-17H2,1H3/t21-,26?,27-/m0/s1. The quantitative estimate of drug-likeness (QED) is 0.457. The van der Waals surface area contributed by atoms with Gasteiger partial charge in [-0.25, -0.2) is 0 Å². The SMILES string of the molecule is CC1=NC2=C(C(=O)C[C@@H](c3ccccc3)C2)[C@@H](c2ccc(Cl)cc2)C1C(=O)OC1CCCCC1. The molecule has 3 atom stereocenters. The van der Waals surface area contributed by atoms with E-state index in [2.05, 4.69) is 12.1 Å². The number of hydrogen-bond donors (Lipinski definition) is 0. The largest absolute Gasteiger partial charge is 0.462 e. The van der Waals surface area contributed by atoms with E-state index in [0.29, 0.717) is 23.4 Å². The molecule has 0 bridgehead atoms. The highest BCUT2D eigenvalue weighted by Crippen LogP contribution is 2.47. The van der Waals surface area contributed by atoms with Crippen molar-refractivity contribution in [2.75, 3.05) is 0 Å². The number of ether oxygens (including phenoxy) is 1. The van der Waals surface area contributed by atoms with Crippen molar-refractivity contribution in [3.8, 4) is 0 Å². The van der Waals surface area contributed by atoms with E-state index in [0.717, 1.165) is 48.2 Å². The van der Waals surface area contributed by atoms with Crippen LogP contribution in [0.3, 0.4) is 0 Å². The smallest absolute Gasteiger partial charge is 0.315 e.